The smallest absolute Gasteiger partial charge is 0.254 e. The number of ketones is 1. The second-order valence-corrected chi connectivity index (χ2v) is 2.82. The Labute approximate surface area is 91.4 Å². The Morgan fingerprint density at radius 3 is 2.44 bits per heavy atom. The largest absolute Gasteiger partial charge is 0.479 e. The minimum absolute atomic E-state index is 0.0706. The zero-order valence-electron chi connectivity index (χ0n) is 8.49. The molecule has 16 heavy (non-hydrogen) atoms. The highest BCUT2D eigenvalue weighted by Gasteiger charge is 2.18. The molecular formula is C10H8N4O2. The molecule has 0 amide bonds. The van der Waals surface area contributed by atoms with Crippen molar-refractivity contribution in [3.05, 3.63) is 42.4 Å². The highest BCUT2D eigenvalue weighted by Crippen LogP contribution is 2.13. The Balaban J connectivity index is 2.42. The van der Waals surface area contributed by atoms with Gasteiger partial charge in [-0.25, -0.2) is 19.9 Å². The van der Waals surface area contributed by atoms with Crippen LogP contribution < -0.4 is 4.74 Å². The molecule has 6 heteroatoms. The van der Waals surface area contributed by atoms with Crippen molar-refractivity contribution in [1.29, 1.82) is 0 Å². The van der Waals surface area contributed by atoms with Crippen LogP contribution in [0.25, 0.3) is 0 Å². The van der Waals surface area contributed by atoms with Gasteiger partial charge in [0.2, 0.25) is 11.7 Å². The van der Waals surface area contributed by atoms with Crippen LogP contribution in [0, 0.1) is 0 Å². The van der Waals surface area contributed by atoms with E-state index in [1.165, 1.54) is 31.9 Å². The van der Waals surface area contributed by atoms with E-state index < -0.39 is 5.78 Å². The van der Waals surface area contributed by atoms with Crippen molar-refractivity contribution in [1.82, 2.24) is 19.9 Å². The standard InChI is InChI=1S/C10H8N4O2/c1-16-10-7(11-5-6-14-10)8(15)9-12-3-2-4-13-9/h2-6H,1H3. The van der Waals surface area contributed by atoms with Crippen LogP contribution in [0.1, 0.15) is 16.3 Å². The van der Waals surface area contributed by atoms with Gasteiger partial charge in [0.05, 0.1) is 7.11 Å². The second-order valence-electron chi connectivity index (χ2n) is 2.82. The molecule has 0 radical (unpaired) electrons. The Morgan fingerprint density at radius 1 is 1.06 bits per heavy atom. The third kappa shape index (κ3) is 1.85. The Bertz CT molecular complexity index is 501. The van der Waals surface area contributed by atoms with E-state index in [4.69, 9.17) is 4.74 Å². The van der Waals surface area contributed by atoms with E-state index in [-0.39, 0.29) is 17.4 Å². The first-order valence-corrected chi connectivity index (χ1v) is 4.49. The predicted molar refractivity (Wildman–Crippen MR) is 54.0 cm³/mol. The first kappa shape index (κ1) is 10.2. The molecular weight excluding hydrogens is 208 g/mol. The molecule has 0 atom stereocenters. The summed E-state index contributed by atoms with van der Waals surface area (Å²) in [7, 11) is 1.42. The molecule has 2 aromatic rings. The average Bonchev–Trinajstić information content (AvgIpc) is 2.39. The number of rotatable bonds is 3. The first-order valence-electron chi connectivity index (χ1n) is 4.49. The van der Waals surface area contributed by atoms with E-state index in [1.54, 1.807) is 6.07 Å². The van der Waals surface area contributed by atoms with Crippen LogP contribution in [0.2, 0.25) is 0 Å². The minimum atomic E-state index is -0.412. The fourth-order valence-electron chi connectivity index (χ4n) is 1.15. The van der Waals surface area contributed by atoms with Crippen molar-refractivity contribution in [3.8, 4) is 5.88 Å². The molecule has 0 saturated heterocycles. The van der Waals surface area contributed by atoms with Crippen molar-refractivity contribution in [3.63, 3.8) is 0 Å². The van der Waals surface area contributed by atoms with Crippen molar-refractivity contribution in [2.24, 2.45) is 0 Å². The third-order valence-corrected chi connectivity index (χ3v) is 1.84. The number of hydrogen-bond donors (Lipinski definition) is 0. The number of aromatic nitrogens is 4. The van der Waals surface area contributed by atoms with E-state index in [9.17, 15) is 4.79 Å². The first-order chi connectivity index (χ1) is 7.83. The fourth-order valence-corrected chi connectivity index (χ4v) is 1.15. The lowest BCUT2D eigenvalue weighted by Gasteiger charge is -2.03. The highest BCUT2D eigenvalue weighted by molar-refractivity contribution is 6.06. The molecule has 2 aromatic heterocycles. The fraction of sp³-hybridized carbons (Fsp3) is 0.100. The maximum atomic E-state index is 11.9. The van der Waals surface area contributed by atoms with Gasteiger partial charge in [-0.15, -0.1) is 0 Å². The van der Waals surface area contributed by atoms with Gasteiger partial charge in [-0.05, 0) is 6.07 Å². The molecule has 80 valence electrons. The molecule has 0 spiro atoms. The number of carbonyl (C=O) groups is 1. The second kappa shape index (κ2) is 4.43. The molecule has 0 fully saturated rings. The van der Waals surface area contributed by atoms with Crippen molar-refractivity contribution >= 4 is 5.78 Å². The SMILES string of the molecule is COc1nccnc1C(=O)c1ncccn1. The Hall–Kier alpha value is -2.37. The summed E-state index contributed by atoms with van der Waals surface area (Å²) in [5, 5.41) is 0. The summed E-state index contributed by atoms with van der Waals surface area (Å²) >= 11 is 0. The van der Waals surface area contributed by atoms with E-state index in [2.05, 4.69) is 19.9 Å². The predicted octanol–water partition coefficient (Wildman–Crippen LogP) is 0.506. The normalized spacial score (nSPS) is 9.81. The molecule has 0 aliphatic carbocycles. The van der Waals surface area contributed by atoms with Crippen LogP contribution in [-0.2, 0) is 0 Å². The number of ether oxygens (including phenoxy) is 1. The Kier molecular flexibility index (Phi) is 2.81. The lowest BCUT2D eigenvalue weighted by atomic mass is 10.2. The van der Waals surface area contributed by atoms with Gasteiger partial charge in [0.15, 0.2) is 5.69 Å². The maximum Gasteiger partial charge on any atom is 0.254 e. The Morgan fingerprint density at radius 2 is 1.75 bits per heavy atom. The maximum absolute atomic E-state index is 11.9. The van der Waals surface area contributed by atoms with Crippen LogP contribution in [0.3, 0.4) is 0 Å². The highest BCUT2D eigenvalue weighted by atomic mass is 16.5. The molecule has 0 aliphatic heterocycles. The minimum Gasteiger partial charge on any atom is -0.479 e. The zero-order valence-corrected chi connectivity index (χ0v) is 8.49. The van der Waals surface area contributed by atoms with Gasteiger partial charge < -0.3 is 4.74 Å². The zero-order chi connectivity index (χ0) is 11.4. The van der Waals surface area contributed by atoms with E-state index in [0.29, 0.717) is 0 Å². The van der Waals surface area contributed by atoms with Gasteiger partial charge in [-0.3, -0.25) is 4.79 Å². The molecule has 0 aromatic carbocycles. The van der Waals surface area contributed by atoms with Gasteiger partial charge >= 0.3 is 0 Å². The van der Waals surface area contributed by atoms with Crippen LogP contribution in [0.15, 0.2) is 30.9 Å². The van der Waals surface area contributed by atoms with Crippen LogP contribution in [-0.4, -0.2) is 32.8 Å². The lowest BCUT2D eigenvalue weighted by molar-refractivity contribution is 0.102. The van der Waals surface area contributed by atoms with Crippen molar-refractivity contribution in [2.45, 2.75) is 0 Å². The molecule has 2 heterocycles. The summed E-state index contributed by atoms with van der Waals surface area (Å²) in [6.07, 6.45) is 5.84. The van der Waals surface area contributed by atoms with Gasteiger partial charge in [-0.1, -0.05) is 0 Å². The topological polar surface area (TPSA) is 77.9 Å². The summed E-state index contributed by atoms with van der Waals surface area (Å²) in [6, 6.07) is 1.63. The van der Waals surface area contributed by atoms with Gasteiger partial charge in [0.25, 0.3) is 5.78 Å². The van der Waals surface area contributed by atoms with Crippen molar-refractivity contribution < 1.29 is 9.53 Å². The van der Waals surface area contributed by atoms with Crippen molar-refractivity contribution in [2.75, 3.05) is 7.11 Å². The number of hydrogen-bond acceptors (Lipinski definition) is 6. The summed E-state index contributed by atoms with van der Waals surface area (Å²) in [5.41, 5.74) is 0.108. The molecule has 6 nitrogen and oxygen atoms in total. The lowest BCUT2D eigenvalue weighted by Crippen LogP contribution is -2.10. The molecule has 0 N–H and O–H groups in total. The van der Waals surface area contributed by atoms with E-state index in [0.717, 1.165) is 0 Å². The molecule has 0 bridgehead atoms. The summed E-state index contributed by atoms with van der Waals surface area (Å²) in [4.78, 5) is 27.4. The summed E-state index contributed by atoms with van der Waals surface area (Å²) in [6.45, 7) is 0. The molecule has 0 unspecified atom stereocenters. The monoisotopic (exact) mass is 216 g/mol. The van der Waals surface area contributed by atoms with Gasteiger partial charge in [0, 0.05) is 24.8 Å². The van der Waals surface area contributed by atoms with Gasteiger partial charge in [0.1, 0.15) is 0 Å². The number of methoxy groups -OCH3 is 1. The molecule has 0 aliphatic rings. The summed E-state index contributed by atoms with van der Waals surface area (Å²) in [5.74, 6) is -0.174. The number of nitrogens with zero attached hydrogens (tertiary/aromatic N) is 4. The van der Waals surface area contributed by atoms with Gasteiger partial charge in [-0.2, -0.15) is 0 Å². The summed E-state index contributed by atoms with van der Waals surface area (Å²) < 4.78 is 4.94. The third-order valence-electron chi connectivity index (χ3n) is 1.84. The molecule has 0 saturated carbocycles. The van der Waals surface area contributed by atoms with Crippen LogP contribution in [0.4, 0.5) is 0 Å². The van der Waals surface area contributed by atoms with E-state index in [1.807, 2.05) is 0 Å². The molecule has 2 rings (SSSR count). The number of carbonyl (C=O) groups excluding carboxylic acids is 1. The van der Waals surface area contributed by atoms with E-state index >= 15 is 0 Å². The van der Waals surface area contributed by atoms with Crippen LogP contribution in [0.5, 0.6) is 5.88 Å². The van der Waals surface area contributed by atoms with Crippen LogP contribution >= 0.6 is 0 Å². The quantitative estimate of drug-likeness (QED) is 0.695. The average molecular weight is 216 g/mol.